The van der Waals surface area contributed by atoms with Crippen LogP contribution >= 0.6 is 0 Å². The third-order valence-corrected chi connectivity index (χ3v) is 3.76. The zero-order valence-electron chi connectivity index (χ0n) is 11.4. The number of benzene rings is 1. The zero-order chi connectivity index (χ0) is 14.3. The number of carbonyl (C=O) groups is 2. The van der Waals surface area contributed by atoms with Crippen LogP contribution in [0.1, 0.15) is 17.5 Å². The van der Waals surface area contributed by atoms with Crippen molar-refractivity contribution >= 4 is 17.1 Å². The van der Waals surface area contributed by atoms with Crippen LogP contribution in [0.5, 0.6) is 11.5 Å². The van der Waals surface area contributed by atoms with Crippen molar-refractivity contribution in [3.63, 3.8) is 0 Å². The van der Waals surface area contributed by atoms with Crippen LogP contribution in [0.2, 0.25) is 0 Å². The molecule has 0 unspecified atom stereocenters. The molecular weight excluding hydrogens is 256 g/mol. The van der Waals surface area contributed by atoms with E-state index < -0.39 is 0 Å². The van der Waals surface area contributed by atoms with Gasteiger partial charge in [-0.15, -0.1) is 0 Å². The average Bonchev–Trinajstić information content (AvgIpc) is 2.48. The predicted molar refractivity (Wildman–Crippen MR) is 73.9 cm³/mol. The molecule has 2 aliphatic rings. The Labute approximate surface area is 116 Å². The van der Waals surface area contributed by atoms with E-state index in [-0.39, 0.29) is 11.6 Å². The van der Waals surface area contributed by atoms with E-state index in [9.17, 15) is 9.59 Å². The van der Waals surface area contributed by atoms with Crippen LogP contribution in [0.4, 0.5) is 0 Å². The number of carbonyl (C=O) groups excluding carboxylic acids is 2. The van der Waals surface area contributed by atoms with Crippen molar-refractivity contribution in [3.8, 4) is 11.5 Å². The quantitative estimate of drug-likeness (QED) is 0.772. The van der Waals surface area contributed by atoms with E-state index in [1.165, 1.54) is 12.2 Å². The molecular formula is C16H14O4. The van der Waals surface area contributed by atoms with Crippen LogP contribution in [0.15, 0.2) is 29.9 Å². The summed E-state index contributed by atoms with van der Waals surface area (Å²) in [5.41, 5.74) is 2.81. The first kappa shape index (κ1) is 12.7. The van der Waals surface area contributed by atoms with Gasteiger partial charge in [0.1, 0.15) is 11.5 Å². The Bertz CT molecular complexity index is 680. The third kappa shape index (κ3) is 1.76. The smallest absolute Gasteiger partial charge is 0.187 e. The molecule has 0 amide bonds. The van der Waals surface area contributed by atoms with Gasteiger partial charge in [-0.1, -0.05) is 0 Å². The molecule has 0 N–H and O–H groups in total. The van der Waals surface area contributed by atoms with Gasteiger partial charge in [-0.2, -0.15) is 0 Å². The first-order valence-electron chi connectivity index (χ1n) is 6.41. The molecule has 1 aromatic carbocycles. The summed E-state index contributed by atoms with van der Waals surface area (Å²) in [5, 5.41) is 0. The molecule has 0 radical (unpaired) electrons. The lowest BCUT2D eigenvalue weighted by Crippen LogP contribution is -2.19. The summed E-state index contributed by atoms with van der Waals surface area (Å²) in [4.78, 5) is 24.1. The van der Waals surface area contributed by atoms with E-state index >= 15 is 0 Å². The molecule has 0 fully saturated rings. The van der Waals surface area contributed by atoms with Gasteiger partial charge < -0.3 is 9.47 Å². The van der Waals surface area contributed by atoms with Gasteiger partial charge in [0.15, 0.2) is 11.6 Å². The summed E-state index contributed by atoms with van der Waals surface area (Å²) >= 11 is 0. The van der Waals surface area contributed by atoms with Crippen molar-refractivity contribution in [2.45, 2.75) is 12.8 Å². The van der Waals surface area contributed by atoms with Crippen molar-refractivity contribution in [1.82, 2.24) is 0 Å². The first-order valence-corrected chi connectivity index (χ1v) is 6.41. The molecule has 4 nitrogen and oxygen atoms in total. The molecule has 1 aromatic rings. The lowest BCUT2D eigenvalue weighted by molar-refractivity contribution is -0.114. The maximum atomic E-state index is 12.2. The number of ketones is 2. The van der Waals surface area contributed by atoms with E-state index in [4.69, 9.17) is 9.47 Å². The average molecular weight is 270 g/mol. The van der Waals surface area contributed by atoms with Crippen LogP contribution in [0, 0.1) is 0 Å². The molecule has 0 bridgehead atoms. The Morgan fingerprint density at radius 2 is 1.70 bits per heavy atom. The van der Waals surface area contributed by atoms with Gasteiger partial charge in [0.25, 0.3) is 0 Å². The fourth-order valence-corrected chi connectivity index (χ4v) is 2.80. The number of rotatable bonds is 2. The maximum absolute atomic E-state index is 12.2. The number of ether oxygens (including phenoxy) is 2. The Hall–Kier alpha value is -2.36. The zero-order valence-corrected chi connectivity index (χ0v) is 11.4. The molecule has 2 aliphatic carbocycles. The fourth-order valence-electron chi connectivity index (χ4n) is 2.80. The van der Waals surface area contributed by atoms with Crippen molar-refractivity contribution in [1.29, 1.82) is 0 Å². The fraction of sp³-hybridized carbons (Fsp3) is 0.250. The molecule has 0 aliphatic heterocycles. The third-order valence-electron chi connectivity index (χ3n) is 3.76. The first-order chi connectivity index (χ1) is 9.65. The van der Waals surface area contributed by atoms with Gasteiger partial charge >= 0.3 is 0 Å². The second kappa shape index (κ2) is 4.63. The van der Waals surface area contributed by atoms with Gasteiger partial charge in [-0.05, 0) is 36.6 Å². The summed E-state index contributed by atoms with van der Waals surface area (Å²) in [7, 11) is 3.15. The van der Waals surface area contributed by atoms with Crippen LogP contribution in [-0.4, -0.2) is 25.8 Å². The molecule has 20 heavy (non-hydrogen) atoms. The Morgan fingerprint density at radius 3 is 2.40 bits per heavy atom. The van der Waals surface area contributed by atoms with Crippen molar-refractivity contribution in [3.05, 3.63) is 41.0 Å². The highest BCUT2D eigenvalue weighted by Gasteiger charge is 2.30. The summed E-state index contributed by atoms with van der Waals surface area (Å²) in [5.74, 6) is 1.10. The van der Waals surface area contributed by atoms with Gasteiger partial charge in [0.2, 0.25) is 0 Å². The van der Waals surface area contributed by atoms with E-state index in [2.05, 4.69) is 0 Å². The van der Waals surface area contributed by atoms with Crippen LogP contribution in [0.25, 0.3) is 5.57 Å². The van der Waals surface area contributed by atoms with Gasteiger partial charge in [0.05, 0.1) is 14.2 Å². The van der Waals surface area contributed by atoms with Gasteiger partial charge in [-0.3, -0.25) is 9.59 Å². The maximum Gasteiger partial charge on any atom is 0.187 e. The second-order valence-corrected chi connectivity index (χ2v) is 4.77. The molecule has 4 heteroatoms. The lowest BCUT2D eigenvalue weighted by Gasteiger charge is -2.25. The summed E-state index contributed by atoms with van der Waals surface area (Å²) in [6, 6.07) is 3.60. The molecule has 0 atom stereocenters. The lowest BCUT2D eigenvalue weighted by atomic mass is 9.79. The molecule has 3 rings (SSSR count). The predicted octanol–water partition coefficient (Wildman–Crippen LogP) is 2.11. The van der Waals surface area contributed by atoms with Crippen LogP contribution < -0.4 is 9.47 Å². The topological polar surface area (TPSA) is 52.6 Å². The normalized spacial score (nSPS) is 16.9. The molecule has 0 aromatic heterocycles. The Kier molecular flexibility index (Phi) is 2.93. The molecule has 102 valence electrons. The van der Waals surface area contributed by atoms with Crippen LogP contribution in [0.3, 0.4) is 0 Å². The molecule has 0 saturated heterocycles. The molecule has 0 saturated carbocycles. The SMILES string of the molecule is COc1cc(OC)c2c(c1)C1=C(CC2)C(=O)C=CC1=O. The Balaban J connectivity index is 2.27. The number of hydrogen-bond acceptors (Lipinski definition) is 4. The number of allylic oxidation sites excluding steroid dienone is 4. The molecule has 0 spiro atoms. The summed E-state index contributed by atoms with van der Waals surface area (Å²) in [6.07, 6.45) is 3.94. The van der Waals surface area contributed by atoms with E-state index in [0.29, 0.717) is 35.5 Å². The van der Waals surface area contributed by atoms with Gasteiger partial charge in [-0.25, -0.2) is 0 Å². The summed E-state index contributed by atoms with van der Waals surface area (Å²) < 4.78 is 10.6. The highest BCUT2D eigenvalue weighted by atomic mass is 16.5. The minimum absolute atomic E-state index is 0.0768. The minimum Gasteiger partial charge on any atom is -0.497 e. The van der Waals surface area contributed by atoms with E-state index in [1.807, 2.05) is 0 Å². The number of fused-ring (bicyclic) bond motifs is 2. The Morgan fingerprint density at radius 1 is 0.950 bits per heavy atom. The van der Waals surface area contributed by atoms with Crippen molar-refractivity contribution in [2.24, 2.45) is 0 Å². The standard InChI is InChI=1S/C16H14O4/c1-19-9-7-12-10(15(8-9)20-2)3-4-11-13(17)5-6-14(18)16(11)12/h5-8H,3-4H2,1-2H3. The van der Waals surface area contributed by atoms with E-state index in [0.717, 1.165) is 11.1 Å². The summed E-state index contributed by atoms with van der Waals surface area (Å²) in [6.45, 7) is 0. The van der Waals surface area contributed by atoms with Crippen LogP contribution in [-0.2, 0) is 16.0 Å². The van der Waals surface area contributed by atoms with Gasteiger partial charge in [0, 0.05) is 22.8 Å². The van der Waals surface area contributed by atoms with E-state index in [1.54, 1.807) is 26.4 Å². The van der Waals surface area contributed by atoms with Crippen molar-refractivity contribution < 1.29 is 19.1 Å². The second-order valence-electron chi connectivity index (χ2n) is 4.77. The number of methoxy groups -OCH3 is 2. The monoisotopic (exact) mass is 270 g/mol. The number of hydrogen-bond donors (Lipinski definition) is 0. The van der Waals surface area contributed by atoms with Crippen molar-refractivity contribution in [2.75, 3.05) is 14.2 Å². The largest absolute Gasteiger partial charge is 0.497 e. The highest BCUT2D eigenvalue weighted by molar-refractivity contribution is 6.36. The highest BCUT2D eigenvalue weighted by Crippen LogP contribution is 2.41. The minimum atomic E-state index is -0.129. The molecule has 0 heterocycles.